The van der Waals surface area contributed by atoms with E-state index in [9.17, 15) is 72.3 Å². The van der Waals surface area contributed by atoms with Crippen LogP contribution in [0.15, 0.2) is 129 Å². The monoisotopic (exact) mass is 1400 g/mol. The van der Waals surface area contributed by atoms with Crippen LogP contribution in [0.2, 0.25) is 0 Å². The highest BCUT2D eigenvalue weighted by molar-refractivity contribution is 7.68. The van der Waals surface area contributed by atoms with Crippen LogP contribution in [0.1, 0.15) is 79.7 Å². The number of amides is 1. The molecule has 11 rings (SSSR count). The Hall–Kier alpha value is -9.23. The normalized spacial score (nSPS) is 16.5. The molecule has 6 aromatic rings. The van der Waals surface area contributed by atoms with Crippen LogP contribution in [0.25, 0.3) is 77.9 Å². The predicted molar refractivity (Wildman–Crippen MR) is 343 cm³/mol. The van der Waals surface area contributed by atoms with Gasteiger partial charge in [-0.05, 0) is 97.5 Å². The van der Waals surface area contributed by atoms with Crippen molar-refractivity contribution in [2.75, 3.05) is 52.5 Å². The van der Waals surface area contributed by atoms with Crippen molar-refractivity contribution in [3.8, 4) is 62.5 Å². The van der Waals surface area contributed by atoms with Gasteiger partial charge < -0.3 is 78.0 Å². The number of carbonyl (C=O) groups excluding carboxylic acids is 1. The van der Waals surface area contributed by atoms with Crippen LogP contribution in [-0.4, -0.2) is 95.7 Å². The van der Waals surface area contributed by atoms with Gasteiger partial charge in [0.05, 0.1) is 53.0 Å². The number of hydrogen-bond donors (Lipinski definition) is 5. The number of rotatable bonds is 22. The zero-order chi connectivity index (χ0) is 69.6. The van der Waals surface area contributed by atoms with Crippen molar-refractivity contribution in [1.82, 2.24) is 24.4 Å². The van der Waals surface area contributed by atoms with E-state index in [2.05, 4.69) is 49.1 Å². The van der Waals surface area contributed by atoms with E-state index in [0.717, 1.165) is 11.0 Å². The highest BCUT2D eigenvalue weighted by Gasteiger charge is 2.34. The number of nitrogens with one attached hydrogen (secondary N) is 1. The van der Waals surface area contributed by atoms with Gasteiger partial charge in [0.15, 0.2) is 5.43 Å². The van der Waals surface area contributed by atoms with Crippen molar-refractivity contribution < 1.29 is 103 Å². The number of phosphoric ester groups is 2. The lowest BCUT2D eigenvalue weighted by Crippen LogP contribution is -2.23. The molecule has 0 radical (unpaired) electrons. The Morgan fingerprint density at radius 3 is 2.19 bits per heavy atom. The minimum absolute atomic E-state index is 0.00975. The molecule has 5 aliphatic rings. The van der Waals surface area contributed by atoms with Crippen LogP contribution in [0.5, 0.6) is 5.75 Å². The average Bonchev–Trinajstić information content (AvgIpc) is 1.42. The molecule has 2 aromatic heterocycles. The number of nitrogens with two attached hydrogens (primary N) is 1. The number of aromatic carboxylic acids is 2. The number of ether oxygens (including phenoxy) is 1. The molecule has 6 atom stereocenters. The number of fused-ring (bicyclic) bond motifs is 5. The van der Waals surface area contributed by atoms with Gasteiger partial charge in [0.2, 0.25) is 5.36 Å². The van der Waals surface area contributed by atoms with Gasteiger partial charge in [-0.3, -0.25) is 27.8 Å². The number of benzene rings is 6. The van der Waals surface area contributed by atoms with Gasteiger partial charge in [-0.2, -0.15) is 0 Å². The van der Waals surface area contributed by atoms with Gasteiger partial charge in [-0.15, -0.1) is 0 Å². The maximum Gasteiger partial charge on any atom is 0.336 e. The number of phenolic OH excluding ortho intramolecular Hbond substituents is 1. The summed E-state index contributed by atoms with van der Waals surface area (Å²) < 4.78 is 89.4. The topological polar surface area (TPSA) is 446 Å². The third-order valence-electron chi connectivity index (χ3n) is 15.8. The lowest BCUT2D eigenvalue weighted by Gasteiger charge is -2.36. The largest absolute Gasteiger partial charge is 0.756 e. The molecule has 5 heterocycles. The molecule has 3 aliphatic heterocycles. The maximum atomic E-state index is 14.3. The second kappa shape index (κ2) is 27.4. The second-order valence-electron chi connectivity index (χ2n) is 22.4. The van der Waals surface area contributed by atoms with Crippen molar-refractivity contribution in [2.24, 2.45) is 0 Å². The Labute approximate surface area is 549 Å². The summed E-state index contributed by atoms with van der Waals surface area (Å²) in [6.07, 6.45) is 1.54. The minimum Gasteiger partial charge on any atom is -0.756 e. The fourth-order valence-corrected chi connectivity index (χ4v) is 15.8. The maximum absolute atomic E-state index is 14.3. The summed E-state index contributed by atoms with van der Waals surface area (Å²) in [6, 6.07) is 27.5. The standard InChI is InChI=1S/C63H59N7O23P4/c1-68(2)36-16-20-43-51(28-36)89-52-29-37(69(3)4)17-21-44(52)55(43)40-19-15-34(27-47(40)63(76)77)61(73)65-30-48-50(72)25-23-46-56(39-12-9-10-13-41(39)62(74)75)45-22-24-49(71)42(57(45)90-58(46)48)14-8-6-7-11-35-31-70(60-54(35)59(64)66-33-67-60)53-26-18-38(88-53)32-87-95(80,81)92-97(84,85)93-96(82,83)91-94(78,79)86-5/h9-10,12-13,15-17,19-25,27-29,31,33,38,53H,6,8,14,18,26,30,32H2,1-5H3,(H9-,64,65,66,67,71,72,73,74,75,76,77,78,79,80,81,82,83,84,85)/p-3/t38-,53+/m0/s1. The highest BCUT2D eigenvalue weighted by Crippen LogP contribution is 2.67. The summed E-state index contributed by atoms with van der Waals surface area (Å²) in [5.74, 6) is 3.06. The molecular weight excluding hydrogens is 1350 g/mol. The number of nitrogen functional groups attached to an aromatic ring is 1. The van der Waals surface area contributed by atoms with Gasteiger partial charge in [-0.1, -0.05) is 36.1 Å². The first-order valence-electron chi connectivity index (χ1n) is 29.2. The number of anilines is 2. The van der Waals surface area contributed by atoms with Crippen molar-refractivity contribution in [1.29, 1.82) is 0 Å². The molecule has 1 saturated heterocycles. The molecule has 1 amide bonds. The summed E-state index contributed by atoms with van der Waals surface area (Å²) in [4.78, 5) is 113. The summed E-state index contributed by atoms with van der Waals surface area (Å²) >= 11 is 0. The van der Waals surface area contributed by atoms with Gasteiger partial charge in [0.1, 0.15) is 66.6 Å². The van der Waals surface area contributed by atoms with Gasteiger partial charge in [0.25, 0.3) is 37.2 Å². The van der Waals surface area contributed by atoms with E-state index in [-0.39, 0.29) is 94.0 Å². The number of phenols is 1. The number of aromatic nitrogens is 3. The van der Waals surface area contributed by atoms with Gasteiger partial charge >= 0.3 is 11.9 Å². The molecule has 4 aromatic carbocycles. The van der Waals surface area contributed by atoms with Crippen LogP contribution < -0.4 is 50.9 Å². The number of nitrogens with zero attached hydrogens (tertiary/aromatic N) is 5. The quantitative estimate of drug-likeness (QED) is 0.0147. The van der Waals surface area contributed by atoms with Crippen LogP contribution in [0.3, 0.4) is 0 Å². The third-order valence-corrected chi connectivity index (χ3v) is 21.5. The van der Waals surface area contributed by atoms with E-state index < -0.39 is 80.0 Å². The first-order chi connectivity index (χ1) is 45.9. The van der Waals surface area contributed by atoms with E-state index in [1.54, 1.807) is 35.0 Å². The van der Waals surface area contributed by atoms with E-state index in [4.69, 9.17) is 19.3 Å². The molecule has 30 nitrogen and oxygen atoms in total. The highest BCUT2D eigenvalue weighted by atomic mass is 31.3. The summed E-state index contributed by atoms with van der Waals surface area (Å²) in [6.45, 7) is -1.27. The van der Waals surface area contributed by atoms with Crippen molar-refractivity contribution in [3.05, 3.63) is 165 Å². The number of carbonyl (C=O) groups is 3. The number of carboxylic acids is 2. The zero-order valence-electron chi connectivity index (χ0n) is 51.7. The first kappa shape index (κ1) is 69.1. The van der Waals surface area contributed by atoms with Crippen molar-refractivity contribution >= 4 is 93.6 Å². The Morgan fingerprint density at radius 2 is 1.46 bits per heavy atom. The van der Waals surface area contributed by atoms with E-state index in [1.807, 2.05) is 74.1 Å². The Kier molecular flexibility index (Phi) is 19.5. The summed E-state index contributed by atoms with van der Waals surface area (Å²) in [7, 11) is -16.2. The van der Waals surface area contributed by atoms with E-state index >= 15 is 0 Å². The number of hydrogen-bond acceptors (Lipinski definition) is 25. The molecule has 4 unspecified atom stereocenters. The molecule has 504 valence electrons. The summed E-state index contributed by atoms with van der Waals surface area (Å²) in [5, 5.41) is 37.9. The second-order valence-corrected chi connectivity index (χ2v) is 28.6. The lowest BCUT2D eigenvalue weighted by atomic mass is 9.88. The lowest BCUT2D eigenvalue weighted by molar-refractivity contribution is -0.254. The zero-order valence-corrected chi connectivity index (χ0v) is 55.3. The van der Waals surface area contributed by atoms with E-state index in [1.165, 1.54) is 48.8 Å². The van der Waals surface area contributed by atoms with E-state index in [0.29, 0.717) is 68.0 Å². The molecule has 1 fully saturated rings. The van der Waals surface area contributed by atoms with Crippen LogP contribution in [0.4, 0.5) is 11.5 Å². The Bertz CT molecular complexity index is 5210. The number of unbranched alkanes of at least 4 members (excludes halogenated alkanes) is 1. The molecule has 2 aliphatic carbocycles. The summed E-state index contributed by atoms with van der Waals surface area (Å²) in [5.41, 5.74) is 10.1. The smallest absolute Gasteiger partial charge is 0.336 e. The van der Waals surface area contributed by atoms with Crippen LogP contribution >= 0.6 is 31.3 Å². The molecule has 0 bridgehead atoms. The average molecular weight is 1400 g/mol. The molecule has 0 saturated carbocycles. The van der Waals surface area contributed by atoms with Gasteiger partial charge in [-0.25, -0.2) is 37.1 Å². The third kappa shape index (κ3) is 14.7. The number of aromatic hydroxyl groups is 1. The molecule has 97 heavy (non-hydrogen) atoms. The van der Waals surface area contributed by atoms with Crippen molar-refractivity contribution in [2.45, 2.75) is 51.0 Å². The van der Waals surface area contributed by atoms with Crippen LogP contribution in [-0.2, 0) is 57.9 Å². The predicted octanol–water partition coefficient (Wildman–Crippen LogP) is 7.18. The first-order valence-corrected chi connectivity index (χ1v) is 35.0. The van der Waals surface area contributed by atoms with Crippen LogP contribution in [0, 0.1) is 11.8 Å². The van der Waals surface area contributed by atoms with Crippen molar-refractivity contribution in [3.63, 3.8) is 0 Å². The number of carboxylic acid groups (broad SMARTS) is 2. The Morgan fingerprint density at radius 1 is 0.784 bits per heavy atom. The SMILES string of the molecule is COP(=O)([O-])OP(=O)([O-])OP(=O)([O-])OP(=O)([O-])OC[C@@H]1CC[C@H](n2cc(C#CCCCc3c4oc5c(CNC(=O)c6ccc(-c7c8ccc(=[N+](C)C)cc-8oc8cc(N(C)C)ccc78)c(C(=O)O)c6)c(O)ccc5c(-c5ccccc5C(=O)O)c-4ccc3=O)c3c(N)ncnc32)O1. The number of phosphoric acid groups is 4. The molecule has 34 heteroatoms. The Balaban J connectivity index is 0.855. The molecule has 6 N–H and O–H groups in total. The van der Waals surface area contributed by atoms with Gasteiger partial charge in [0, 0.05) is 95.8 Å². The molecular formula is C63H56N7O23P4-3. The minimum atomic E-state index is -6.41. The fourth-order valence-electron chi connectivity index (χ4n) is 11.3. The fraction of sp³-hybridized carbons (Fsp3) is 0.222. The molecule has 0 spiro atoms.